The van der Waals surface area contributed by atoms with Crippen LogP contribution in [0.4, 0.5) is 5.95 Å². The molecule has 3 nitrogen and oxygen atoms in total. The Bertz CT molecular complexity index is 330. The van der Waals surface area contributed by atoms with Crippen LogP contribution < -0.4 is 5.32 Å². The Hall–Kier alpha value is -0.830. The molecule has 1 saturated carbocycles. The van der Waals surface area contributed by atoms with E-state index in [4.69, 9.17) is 11.6 Å². The van der Waals surface area contributed by atoms with Gasteiger partial charge in [-0.3, -0.25) is 0 Å². The first kappa shape index (κ1) is 10.7. The van der Waals surface area contributed by atoms with Crippen LogP contribution in [0.5, 0.6) is 0 Å². The number of hydrogen-bond acceptors (Lipinski definition) is 3. The molecule has 0 atom stereocenters. The van der Waals surface area contributed by atoms with Crippen LogP contribution in [0, 0.1) is 11.3 Å². The molecule has 0 aromatic carbocycles. The second-order valence-corrected chi connectivity index (χ2v) is 5.03. The molecule has 1 aromatic heterocycles. The molecule has 1 aromatic rings. The minimum atomic E-state index is 0.475. The minimum absolute atomic E-state index is 0.475. The zero-order valence-corrected chi connectivity index (χ0v) is 9.88. The average Bonchev–Trinajstić information content (AvgIpc) is 2.98. The third-order valence-corrected chi connectivity index (χ3v) is 3.53. The number of aromatic nitrogens is 2. The summed E-state index contributed by atoms with van der Waals surface area (Å²) < 4.78 is 0. The summed E-state index contributed by atoms with van der Waals surface area (Å²) in [5.41, 5.74) is 0.475. The predicted octanol–water partition coefficient (Wildman–Crippen LogP) is 2.98. The summed E-state index contributed by atoms with van der Waals surface area (Å²) in [7, 11) is 0. The van der Waals surface area contributed by atoms with E-state index in [0.29, 0.717) is 16.4 Å². The van der Waals surface area contributed by atoms with Gasteiger partial charge in [0.25, 0.3) is 0 Å². The Balaban J connectivity index is 1.91. The SMILES string of the molecule is CC(C)C1(CNc2ncc(Cl)cn2)CC1. The van der Waals surface area contributed by atoms with Gasteiger partial charge in [0.1, 0.15) is 0 Å². The lowest BCUT2D eigenvalue weighted by atomic mass is 9.92. The maximum Gasteiger partial charge on any atom is 0.222 e. The van der Waals surface area contributed by atoms with Gasteiger partial charge in [0.2, 0.25) is 5.95 Å². The van der Waals surface area contributed by atoms with E-state index in [-0.39, 0.29) is 0 Å². The molecule has 0 bridgehead atoms. The van der Waals surface area contributed by atoms with Crippen LogP contribution in [0.25, 0.3) is 0 Å². The van der Waals surface area contributed by atoms with Gasteiger partial charge in [0.05, 0.1) is 17.4 Å². The lowest BCUT2D eigenvalue weighted by Gasteiger charge is -2.19. The van der Waals surface area contributed by atoms with Crippen LogP contribution in [0.3, 0.4) is 0 Å². The first-order valence-corrected chi connectivity index (χ1v) is 5.72. The minimum Gasteiger partial charge on any atom is -0.354 e. The first-order chi connectivity index (χ1) is 7.12. The van der Waals surface area contributed by atoms with Gasteiger partial charge in [-0.15, -0.1) is 0 Å². The van der Waals surface area contributed by atoms with Crippen molar-refractivity contribution in [2.45, 2.75) is 26.7 Å². The Morgan fingerprint density at radius 2 is 2.00 bits per heavy atom. The molecular formula is C11H16ClN3. The maximum atomic E-state index is 5.71. The van der Waals surface area contributed by atoms with Gasteiger partial charge in [0.15, 0.2) is 0 Å². The van der Waals surface area contributed by atoms with Crippen LogP contribution >= 0.6 is 11.6 Å². The largest absolute Gasteiger partial charge is 0.354 e. The molecule has 0 spiro atoms. The van der Waals surface area contributed by atoms with E-state index in [1.54, 1.807) is 12.4 Å². The van der Waals surface area contributed by atoms with E-state index in [1.807, 2.05) is 0 Å². The van der Waals surface area contributed by atoms with Crippen LogP contribution in [0.2, 0.25) is 5.02 Å². The topological polar surface area (TPSA) is 37.8 Å². The molecule has 1 N–H and O–H groups in total. The van der Waals surface area contributed by atoms with Crippen molar-refractivity contribution >= 4 is 17.5 Å². The Labute approximate surface area is 95.3 Å². The molecule has 1 aliphatic rings. The summed E-state index contributed by atoms with van der Waals surface area (Å²) in [5, 5.41) is 3.85. The molecule has 1 fully saturated rings. The van der Waals surface area contributed by atoms with E-state index in [9.17, 15) is 0 Å². The second-order valence-electron chi connectivity index (χ2n) is 4.60. The lowest BCUT2D eigenvalue weighted by Crippen LogP contribution is -2.21. The molecule has 0 radical (unpaired) electrons. The summed E-state index contributed by atoms with van der Waals surface area (Å²) in [6.07, 6.45) is 5.86. The molecule has 82 valence electrons. The van der Waals surface area contributed by atoms with Crippen LogP contribution in [0.1, 0.15) is 26.7 Å². The number of hydrogen-bond donors (Lipinski definition) is 1. The van der Waals surface area contributed by atoms with Crippen molar-refractivity contribution in [1.82, 2.24) is 9.97 Å². The Morgan fingerprint density at radius 3 is 2.47 bits per heavy atom. The van der Waals surface area contributed by atoms with Crippen LogP contribution in [-0.4, -0.2) is 16.5 Å². The maximum absolute atomic E-state index is 5.71. The highest BCUT2D eigenvalue weighted by Gasteiger charge is 2.44. The molecule has 1 aliphatic carbocycles. The van der Waals surface area contributed by atoms with Gasteiger partial charge in [-0.05, 0) is 24.2 Å². The van der Waals surface area contributed by atoms with Crippen LogP contribution in [0.15, 0.2) is 12.4 Å². The van der Waals surface area contributed by atoms with Gasteiger partial charge < -0.3 is 5.32 Å². The van der Waals surface area contributed by atoms with E-state index in [1.165, 1.54) is 12.8 Å². The van der Waals surface area contributed by atoms with Gasteiger partial charge >= 0.3 is 0 Å². The molecule has 15 heavy (non-hydrogen) atoms. The van der Waals surface area contributed by atoms with Crippen molar-refractivity contribution in [2.24, 2.45) is 11.3 Å². The summed E-state index contributed by atoms with van der Waals surface area (Å²) in [6.45, 7) is 5.51. The summed E-state index contributed by atoms with van der Waals surface area (Å²) in [5.74, 6) is 1.39. The van der Waals surface area contributed by atoms with E-state index in [2.05, 4.69) is 29.1 Å². The fourth-order valence-electron chi connectivity index (χ4n) is 1.78. The van der Waals surface area contributed by atoms with Crippen molar-refractivity contribution in [3.63, 3.8) is 0 Å². The average molecular weight is 226 g/mol. The number of nitrogens with one attached hydrogen (secondary N) is 1. The van der Waals surface area contributed by atoms with Crippen molar-refractivity contribution in [2.75, 3.05) is 11.9 Å². The third-order valence-electron chi connectivity index (χ3n) is 3.34. The summed E-state index contributed by atoms with van der Waals surface area (Å²) in [4.78, 5) is 8.23. The fraction of sp³-hybridized carbons (Fsp3) is 0.636. The van der Waals surface area contributed by atoms with Gasteiger partial charge in [0, 0.05) is 6.54 Å². The highest BCUT2D eigenvalue weighted by Crippen LogP contribution is 2.51. The zero-order chi connectivity index (χ0) is 10.9. The third kappa shape index (κ3) is 2.40. The van der Waals surface area contributed by atoms with E-state index in [0.717, 1.165) is 12.5 Å². The smallest absolute Gasteiger partial charge is 0.222 e. The summed E-state index contributed by atoms with van der Waals surface area (Å²) in [6, 6.07) is 0. The molecular weight excluding hydrogens is 210 g/mol. The lowest BCUT2D eigenvalue weighted by molar-refractivity contribution is 0.379. The predicted molar refractivity (Wildman–Crippen MR) is 62.0 cm³/mol. The van der Waals surface area contributed by atoms with Crippen molar-refractivity contribution < 1.29 is 0 Å². The standard InChI is InChI=1S/C11H16ClN3/c1-8(2)11(3-4-11)7-15-10-13-5-9(12)6-14-10/h5-6,8H,3-4,7H2,1-2H3,(H,13,14,15). The molecule has 0 unspecified atom stereocenters. The highest BCUT2D eigenvalue weighted by molar-refractivity contribution is 6.30. The monoisotopic (exact) mass is 225 g/mol. The van der Waals surface area contributed by atoms with Crippen molar-refractivity contribution in [3.05, 3.63) is 17.4 Å². The van der Waals surface area contributed by atoms with Crippen molar-refractivity contribution in [1.29, 1.82) is 0 Å². The van der Waals surface area contributed by atoms with Gasteiger partial charge in [-0.2, -0.15) is 0 Å². The molecule has 0 saturated heterocycles. The first-order valence-electron chi connectivity index (χ1n) is 5.34. The zero-order valence-electron chi connectivity index (χ0n) is 9.13. The molecule has 0 amide bonds. The number of rotatable bonds is 4. The van der Waals surface area contributed by atoms with Gasteiger partial charge in [-0.25, -0.2) is 9.97 Å². The second kappa shape index (κ2) is 3.97. The Morgan fingerprint density at radius 1 is 1.40 bits per heavy atom. The van der Waals surface area contributed by atoms with Gasteiger partial charge in [-0.1, -0.05) is 25.4 Å². The fourth-order valence-corrected chi connectivity index (χ4v) is 1.88. The molecule has 0 aliphatic heterocycles. The quantitative estimate of drug-likeness (QED) is 0.856. The molecule has 1 heterocycles. The van der Waals surface area contributed by atoms with E-state index >= 15 is 0 Å². The number of anilines is 1. The number of nitrogens with zero attached hydrogens (tertiary/aromatic N) is 2. The molecule has 4 heteroatoms. The Kier molecular flexibility index (Phi) is 2.83. The normalized spacial score (nSPS) is 17.9. The van der Waals surface area contributed by atoms with E-state index < -0.39 is 0 Å². The highest BCUT2D eigenvalue weighted by atomic mass is 35.5. The molecule has 2 rings (SSSR count). The number of halogens is 1. The van der Waals surface area contributed by atoms with Crippen LogP contribution in [-0.2, 0) is 0 Å². The summed E-state index contributed by atoms with van der Waals surface area (Å²) >= 11 is 5.71. The van der Waals surface area contributed by atoms with Crippen molar-refractivity contribution in [3.8, 4) is 0 Å².